The molecule has 1 unspecified atom stereocenters. The molecule has 1 aromatic carbocycles. The van der Waals surface area contributed by atoms with E-state index in [-0.39, 0.29) is 6.54 Å². The van der Waals surface area contributed by atoms with Crippen molar-refractivity contribution < 1.29 is 5.11 Å². The molecule has 4 nitrogen and oxygen atoms in total. The molecule has 0 amide bonds. The lowest BCUT2D eigenvalue weighted by Crippen LogP contribution is -2.40. The molecule has 1 heterocycles. The number of benzene rings is 1. The van der Waals surface area contributed by atoms with Gasteiger partial charge in [-0.05, 0) is 38.2 Å². The number of hydrogen-bond donors (Lipinski definition) is 2. The van der Waals surface area contributed by atoms with Crippen LogP contribution in [0, 0.1) is 6.92 Å². The average molecular weight is 285 g/mol. The van der Waals surface area contributed by atoms with Gasteiger partial charge in [-0.25, -0.2) is 4.98 Å². The molecule has 1 aliphatic rings. The van der Waals surface area contributed by atoms with Crippen LogP contribution in [-0.4, -0.2) is 21.2 Å². The van der Waals surface area contributed by atoms with E-state index in [0.29, 0.717) is 6.54 Å². The highest BCUT2D eigenvalue weighted by molar-refractivity contribution is 5.25. The fourth-order valence-electron chi connectivity index (χ4n) is 3.23. The molecule has 0 saturated carbocycles. The Morgan fingerprint density at radius 3 is 2.67 bits per heavy atom. The van der Waals surface area contributed by atoms with Crippen LogP contribution in [0.4, 0.5) is 0 Å². The summed E-state index contributed by atoms with van der Waals surface area (Å²) in [5.74, 6) is 0.977. The van der Waals surface area contributed by atoms with E-state index in [0.717, 1.165) is 24.2 Å². The molecule has 1 aromatic heterocycles. The third-order valence-corrected chi connectivity index (χ3v) is 4.49. The second-order valence-corrected chi connectivity index (χ2v) is 5.95. The van der Waals surface area contributed by atoms with Crippen LogP contribution in [0.1, 0.15) is 35.6 Å². The molecular weight excluding hydrogens is 262 g/mol. The summed E-state index contributed by atoms with van der Waals surface area (Å²) in [5, 5.41) is 11.0. The zero-order valence-corrected chi connectivity index (χ0v) is 12.5. The summed E-state index contributed by atoms with van der Waals surface area (Å²) in [6, 6.07) is 9.69. The van der Waals surface area contributed by atoms with Crippen molar-refractivity contribution in [3.8, 4) is 0 Å². The smallest absolute Gasteiger partial charge is 0.120 e. The van der Waals surface area contributed by atoms with Gasteiger partial charge in [0.25, 0.3) is 0 Å². The molecule has 4 heteroatoms. The number of aromatic nitrogens is 2. The maximum Gasteiger partial charge on any atom is 0.120 e. The summed E-state index contributed by atoms with van der Waals surface area (Å²) >= 11 is 0. The first-order chi connectivity index (χ1) is 10.1. The molecule has 2 aromatic rings. The fraction of sp³-hybridized carbons (Fsp3) is 0.471. The number of hydrogen-bond acceptors (Lipinski definition) is 3. The fourth-order valence-corrected chi connectivity index (χ4v) is 3.23. The molecule has 3 rings (SSSR count). The SMILES string of the molecule is Cc1nc2c(n1CC(O)(CN)c1ccccc1)CCCC2. The number of rotatable bonds is 4. The van der Waals surface area contributed by atoms with Gasteiger partial charge in [-0.2, -0.15) is 0 Å². The first-order valence-electron chi connectivity index (χ1n) is 7.67. The molecule has 0 aliphatic heterocycles. The highest BCUT2D eigenvalue weighted by Gasteiger charge is 2.30. The average Bonchev–Trinajstić information content (AvgIpc) is 2.84. The summed E-state index contributed by atoms with van der Waals surface area (Å²) in [6.07, 6.45) is 4.51. The van der Waals surface area contributed by atoms with E-state index in [2.05, 4.69) is 9.55 Å². The zero-order valence-electron chi connectivity index (χ0n) is 12.5. The largest absolute Gasteiger partial charge is 0.382 e. The summed E-state index contributed by atoms with van der Waals surface area (Å²) in [5.41, 5.74) is 8.20. The van der Waals surface area contributed by atoms with Crippen molar-refractivity contribution in [2.45, 2.75) is 44.8 Å². The molecule has 3 N–H and O–H groups in total. The van der Waals surface area contributed by atoms with Crippen molar-refractivity contribution in [2.24, 2.45) is 5.73 Å². The highest BCUT2D eigenvalue weighted by atomic mass is 16.3. The zero-order chi connectivity index (χ0) is 14.9. The van der Waals surface area contributed by atoms with Crippen LogP contribution in [0.3, 0.4) is 0 Å². The van der Waals surface area contributed by atoms with Crippen LogP contribution >= 0.6 is 0 Å². The molecule has 1 aliphatic carbocycles. The first-order valence-corrected chi connectivity index (χ1v) is 7.67. The Balaban J connectivity index is 1.96. The third-order valence-electron chi connectivity index (χ3n) is 4.49. The third kappa shape index (κ3) is 2.61. The van der Waals surface area contributed by atoms with Gasteiger partial charge in [-0.1, -0.05) is 30.3 Å². The van der Waals surface area contributed by atoms with Gasteiger partial charge >= 0.3 is 0 Å². The maximum atomic E-state index is 11.0. The van der Waals surface area contributed by atoms with Crippen molar-refractivity contribution in [3.63, 3.8) is 0 Å². The van der Waals surface area contributed by atoms with Crippen LogP contribution in [0.25, 0.3) is 0 Å². The number of fused-ring (bicyclic) bond motifs is 1. The predicted octanol–water partition coefficient (Wildman–Crippen LogP) is 1.92. The molecular formula is C17H23N3O. The summed E-state index contributed by atoms with van der Waals surface area (Å²) in [7, 11) is 0. The number of imidazole rings is 1. The Hall–Kier alpha value is -1.65. The summed E-state index contributed by atoms with van der Waals surface area (Å²) in [6.45, 7) is 2.69. The number of nitrogens with two attached hydrogens (primary N) is 1. The van der Waals surface area contributed by atoms with E-state index in [1.54, 1.807) is 0 Å². The summed E-state index contributed by atoms with van der Waals surface area (Å²) in [4.78, 5) is 4.67. The summed E-state index contributed by atoms with van der Waals surface area (Å²) < 4.78 is 2.16. The second-order valence-electron chi connectivity index (χ2n) is 5.95. The van der Waals surface area contributed by atoms with Gasteiger partial charge in [-0.3, -0.25) is 0 Å². The minimum absolute atomic E-state index is 0.198. The monoisotopic (exact) mass is 285 g/mol. The molecule has 0 fully saturated rings. The second kappa shape index (κ2) is 5.62. The lowest BCUT2D eigenvalue weighted by molar-refractivity contribution is 0.0261. The van der Waals surface area contributed by atoms with Crippen molar-refractivity contribution in [1.82, 2.24) is 9.55 Å². The number of nitrogens with zero attached hydrogens (tertiary/aromatic N) is 2. The van der Waals surface area contributed by atoms with E-state index in [9.17, 15) is 5.11 Å². The Bertz CT molecular complexity index is 620. The Morgan fingerprint density at radius 1 is 1.24 bits per heavy atom. The quantitative estimate of drug-likeness (QED) is 0.902. The Morgan fingerprint density at radius 2 is 1.95 bits per heavy atom. The van der Waals surface area contributed by atoms with E-state index < -0.39 is 5.60 Å². The Kier molecular flexibility index (Phi) is 3.83. The number of aliphatic hydroxyl groups is 1. The van der Waals surface area contributed by atoms with Crippen LogP contribution < -0.4 is 5.73 Å². The van der Waals surface area contributed by atoms with Crippen LogP contribution in [0.15, 0.2) is 30.3 Å². The normalized spacial score (nSPS) is 17.3. The van der Waals surface area contributed by atoms with E-state index in [1.807, 2.05) is 37.3 Å². The van der Waals surface area contributed by atoms with Crippen molar-refractivity contribution in [1.29, 1.82) is 0 Å². The maximum absolute atomic E-state index is 11.0. The van der Waals surface area contributed by atoms with E-state index in [4.69, 9.17) is 5.73 Å². The van der Waals surface area contributed by atoms with Crippen molar-refractivity contribution in [3.05, 3.63) is 53.1 Å². The molecule has 0 spiro atoms. The minimum atomic E-state index is -1.04. The van der Waals surface area contributed by atoms with Gasteiger partial charge < -0.3 is 15.4 Å². The number of aryl methyl sites for hydroxylation is 2. The van der Waals surface area contributed by atoms with Crippen LogP contribution in [0.5, 0.6) is 0 Å². The van der Waals surface area contributed by atoms with E-state index >= 15 is 0 Å². The standard InChI is InChI=1S/C17H23N3O/c1-13-19-15-9-5-6-10-16(15)20(13)12-17(21,11-18)14-7-3-2-4-8-14/h2-4,7-8,21H,5-6,9-12,18H2,1H3. The van der Waals surface area contributed by atoms with Crippen LogP contribution in [-0.2, 0) is 25.0 Å². The van der Waals surface area contributed by atoms with Gasteiger partial charge in [0, 0.05) is 12.2 Å². The van der Waals surface area contributed by atoms with Gasteiger partial charge in [-0.15, -0.1) is 0 Å². The van der Waals surface area contributed by atoms with E-state index in [1.165, 1.54) is 24.2 Å². The van der Waals surface area contributed by atoms with Gasteiger partial charge in [0.1, 0.15) is 11.4 Å². The molecule has 0 saturated heterocycles. The lowest BCUT2D eigenvalue weighted by atomic mass is 9.93. The minimum Gasteiger partial charge on any atom is -0.382 e. The van der Waals surface area contributed by atoms with Crippen molar-refractivity contribution in [2.75, 3.05) is 6.54 Å². The van der Waals surface area contributed by atoms with Crippen LogP contribution in [0.2, 0.25) is 0 Å². The van der Waals surface area contributed by atoms with Crippen molar-refractivity contribution >= 4 is 0 Å². The van der Waals surface area contributed by atoms with Gasteiger partial charge in [0.05, 0.1) is 12.2 Å². The Labute approximate surface area is 125 Å². The molecule has 1 atom stereocenters. The molecule has 112 valence electrons. The molecule has 0 bridgehead atoms. The highest BCUT2D eigenvalue weighted by Crippen LogP contribution is 2.27. The topological polar surface area (TPSA) is 64.1 Å². The lowest BCUT2D eigenvalue weighted by Gasteiger charge is -2.29. The van der Waals surface area contributed by atoms with Gasteiger partial charge in [0.2, 0.25) is 0 Å². The molecule has 21 heavy (non-hydrogen) atoms. The molecule has 0 radical (unpaired) electrons. The predicted molar refractivity (Wildman–Crippen MR) is 83.0 cm³/mol. The first kappa shape index (κ1) is 14.3. The van der Waals surface area contributed by atoms with Gasteiger partial charge in [0.15, 0.2) is 0 Å².